The summed E-state index contributed by atoms with van der Waals surface area (Å²) >= 11 is 0. The Bertz CT molecular complexity index is 509. The molecule has 2 heterocycles. The van der Waals surface area contributed by atoms with Gasteiger partial charge in [0.15, 0.2) is 23.0 Å². The third kappa shape index (κ3) is 1.18. The summed E-state index contributed by atoms with van der Waals surface area (Å²) in [6.45, 7) is 0.241. The number of nitrogen functional groups attached to an aromatic ring is 1. The molecule has 0 amide bonds. The molecule has 2 aromatic rings. The maximum absolute atomic E-state index is 5.58. The molecule has 76 valence electrons. The molecule has 3 rings (SSSR count). The Morgan fingerprint density at radius 1 is 1.13 bits per heavy atom. The average Bonchev–Trinajstić information content (AvgIpc) is 2.84. The van der Waals surface area contributed by atoms with Crippen molar-refractivity contribution in [1.29, 1.82) is 0 Å². The molecule has 15 heavy (non-hydrogen) atoms. The Morgan fingerprint density at radius 2 is 2.00 bits per heavy atom. The Kier molecular flexibility index (Phi) is 1.55. The normalized spacial score (nSPS) is 13.1. The van der Waals surface area contributed by atoms with Crippen LogP contribution in [0.3, 0.4) is 0 Å². The standard InChI is InChI=1S/C9H7N3O3/c10-9-8(11-15-12-9)5-1-2-6-7(3-5)14-4-13-6/h1-3H,4H2,(H2,10,12). The van der Waals surface area contributed by atoms with Crippen molar-refractivity contribution in [2.24, 2.45) is 0 Å². The number of anilines is 1. The Hall–Kier alpha value is -2.24. The van der Waals surface area contributed by atoms with Crippen LogP contribution in [-0.4, -0.2) is 17.1 Å². The van der Waals surface area contributed by atoms with Crippen molar-refractivity contribution >= 4 is 5.82 Å². The highest BCUT2D eigenvalue weighted by atomic mass is 16.7. The van der Waals surface area contributed by atoms with Gasteiger partial charge in [-0.2, -0.15) is 0 Å². The van der Waals surface area contributed by atoms with Crippen molar-refractivity contribution in [3.63, 3.8) is 0 Å². The van der Waals surface area contributed by atoms with E-state index in [-0.39, 0.29) is 12.6 Å². The molecule has 6 nitrogen and oxygen atoms in total. The lowest BCUT2D eigenvalue weighted by Gasteiger charge is -1.98. The minimum Gasteiger partial charge on any atom is -0.454 e. The fraction of sp³-hybridized carbons (Fsp3) is 0.111. The Labute approximate surface area is 84.6 Å². The second kappa shape index (κ2) is 2.88. The second-order valence-electron chi connectivity index (χ2n) is 3.07. The summed E-state index contributed by atoms with van der Waals surface area (Å²) in [7, 11) is 0. The van der Waals surface area contributed by atoms with Crippen molar-refractivity contribution in [2.45, 2.75) is 0 Å². The molecule has 0 saturated carbocycles. The van der Waals surface area contributed by atoms with E-state index in [1.54, 1.807) is 12.1 Å². The van der Waals surface area contributed by atoms with Gasteiger partial charge in [0, 0.05) is 5.56 Å². The van der Waals surface area contributed by atoms with E-state index in [0.29, 0.717) is 17.2 Å². The van der Waals surface area contributed by atoms with Gasteiger partial charge < -0.3 is 15.2 Å². The van der Waals surface area contributed by atoms with E-state index >= 15 is 0 Å². The molecule has 0 spiro atoms. The molecule has 0 aliphatic carbocycles. The number of ether oxygens (including phenoxy) is 2. The molecule has 0 radical (unpaired) electrons. The number of aromatic nitrogens is 2. The maximum atomic E-state index is 5.58. The van der Waals surface area contributed by atoms with Crippen LogP contribution in [0.15, 0.2) is 22.8 Å². The molecule has 0 atom stereocenters. The first-order valence-electron chi connectivity index (χ1n) is 4.32. The van der Waals surface area contributed by atoms with Gasteiger partial charge in [-0.15, -0.1) is 0 Å². The third-order valence-electron chi connectivity index (χ3n) is 2.16. The van der Waals surface area contributed by atoms with Crippen LogP contribution >= 0.6 is 0 Å². The molecule has 0 fully saturated rings. The maximum Gasteiger partial charge on any atom is 0.231 e. The van der Waals surface area contributed by atoms with Gasteiger partial charge in [-0.25, -0.2) is 4.63 Å². The van der Waals surface area contributed by atoms with Gasteiger partial charge >= 0.3 is 0 Å². The lowest BCUT2D eigenvalue weighted by molar-refractivity contribution is 0.174. The summed E-state index contributed by atoms with van der Waals surface area (Å²) in [5.74, 6) is 1.65. The topological polar surface area (TPSA) is 83.4 Å². The largest absolute Gasteiger partial charge is 0.454 e. The van der Waals surface area contributed by atoms with Gasteiger partial charge in [0.1, 0.15) is 0 Å². The van der Waals surface area contributed by atoms with E-state index in [9.17, 15) is 0 Å². The highest BCUT2D eigenvalue weighted by molar-refractivity contribution is 5.71. The Morgan fingerprint density at radius 3 is 2.80 bits per heavy atom. The molecule has 1 aliphatic heterocycles. The van der Waals surface area contributed by atoms with Gasteiger partial charge in [0.05, 0.1) is 0 Å². The Balaban J connectivity index is 2.11. The molecule has 2 N–H and O–H groups in total. The summed E-state index contributed by atoms with van der Waals surface area (Å²) in [6, 6.07) is 5.41. The number of nitrogens with zero attached hydrogens (tertiary/aromatic N) is 2. The van der Waals surface area contributed by atoms with Gasteiger partial charge in [-0.1, -0.05) is 0 Å². The number of nitrogens with two attached hydrogens (primary N) is 1. The van der Waals surface area contributed by atoms with E-state index in [0.717, 1.165) is 5.56 Å². The second-order valence-corrected chi connectivity index (χ2v) is 3.07. The van der Waals surface area contributed by atoms with Crippen molar-refractivity contribution in [3.05, 3.63) is 18.2 Å². The summed E-state index contributed by atoms with van der Waals surface area (Å²) in [4.78, 5) is 0. The van der Waals surface area contributed by atoms with Crippen LogP contribution in [0.25, 0.3) is 11.3 Å². The first-order chi connectivity index (χ1) is 7.34. The van der Waals surface area contributed by atoms with Crippen LogP contribution in [-0.2, 0) is 0 Å². The van der Waals surface area contributed by atoms with Crippen LogP contribution in [0.4, 0.5) is 5.82 Å². The summed E-state index contributed by atoms with van der Waals surface area (Å²) in [5.41, 5.74) is 6.88. The number of benzene rings is 1. The predicted molar refractivity (Wildman–Crippen MR) is 50.3 cm³/mol. The quantitative estimate of drug-likeness (QED) is 0.749. The van der Waals surface area contributed by atoms with Crippen molar-refractivity contribution < 1.29 is 14.1 Å². The van der Waals surface area contributed by atoms with E-state index in [4.69, 9.17) is 15.2 Å². The van der Waals surface area contributed by atoms with Crippen molar-refractivity contribution in [3.8, 4) is 22.8 Å². The molecule has 0 unspecified atom stereocenters. The lowest BCUT2D eigenvalue weighted by Crippen LogP contribution is -1.92. The SMILES string of the molecule is Nc1nonc1-c1ccc2c(c1)OCO2. The van der Waals surface area contributed by atoms with E-state index in [1.165, 1.54) is 0 Å². The van der Waals surface area contributed by atoms with Crippen LogP contribution < -0.4 is 15.2 Å². The first kappa shape index (κ1) is 8.10. The summed E-state index contributed by atoms with van der Waals surface area (Å²) < 4.78 is 14.9. The van der Waals surface area contributed by atoms with Gasteiger partial charge in [-0.05, 0) is 28.5 Å². The number of hydrogen-bond acceptors (Lipinski definition) is 6. The van der Waals surface area contributed by atoms with Gasteiger partial charge in [-0.3, -0.25) is 0 Å². The highest BCUT2D eigenvalue weighted by Gasteiger charge is 2.16. The number of hydrogen-bond donors (Lipinski definition) is 1. The van der Waals surface area contributed by atoms with Gasteiger partial charge in [0.2, 0.25) is 6.79 Å². The van der Waals surface area contributed by atoms with Crippen LogP contribution in [0.1, 0.15) is 0 Å². The average molecular weight is 205 g/mol. The minimum absolute atomic E-state index is 0.241. The predicted octanol–water partition coefficient (Wildman–Crippen LogP) is 1.05. The molecule has 0 bridgehead atoms. The van der Waals surface area contributed by atoms with E-state index in [1.807, 2.05) is 6.07 Å². The van der Waals surface area contributed by atoms with Crippen LogP contribution in [0.5, 0.6) is 11.5 Å². The molecular weight excluding hydrogens is 198 g/mol. The molecular formula is C9H7N3O3. The van der Waals surface area contributed by atoms with Crippen LogP contribution in [0, 0.1) is 0 Å². The molecule has 0 saturated heterocycles. The van der Waals surface area contributed by atoms with E-state index < -0.39 is 0 Å². The smallest absolute Gasteiger partial charge is 0.231 e. The molecule has 1 aromatic carbocycles. The summed E-state index contributed by atoms with van der Waals surface area (Å²) in [5, 5.41) is 7.21. The fourth-order valence-corrected chi connectivity index (χ4v) is 1.44. The minimum atomic E-state index is 0.241. The fourth-order valence-electron chi connectivity index (χ4n) is 1.44. The van der Waals surface area contributed by atoms with Gasteiger partial charge in [0.25, 0.3) is 0 Å². The third-order valence-corrected chi connectivity index (χ3v) is 2.16. The zero-order valence-electron chi connectivity index (χ0n) is 7.64. The summed E-state index contributed by atoms with van der Waals surface area (Å²) in [6.07, 6.45) is 0. The van der Waals surface area contributed by atoms with E-state index in [2.05, 4.69) is 14.9 Å². The van der Waals surface area contributed by atoms with Crippen LogP contribution in [0.2, 0.25) is 0 Å². The number of rotatable bonds is 1. The van der Waals surface area contributed by atoms with Crippen molar-refractivity contribution in [2.75, 3.05) is 12.5 Å². The molecule has 6 heteroatoms. The lowest BCUT2D eigenvalue weighted by atomic mass is 10.1. The first-order valence-corrected chi connectivity index (χ1v) is 4.32. The zero-order valence-corrected chi connectivity index (χ0v) is 7.64. The highest BCUT2D eigenvalue weighted by Crippen LogP contribution is 2.36. The molecule has 1 aromatic heterocycles. The zero-order chi connectivity index (χ0) is 10.3. The van der Waals surface area contributed by atoms with Crippen molar-refractivity contribution in [1.82, 2.24) is 10.3 Å². The monoisotopic (exact) mass is 205 g/mol. The molecule has 1 aliphatic rings. The number of fused-ring (bicyclic) bond motifs is 1.